The summed E-state index contributed by atoms with van der Waals surface area (Å²) in [6, 6.07) is 5.51. The molecule has 3 nitrogen and oxygen atoms in total. The Hall–Kier alpha value is -1.19. The van der Waals surface area contributed by atoms with E-state index in [1.807, 2.05) is 18.2 Å². The smallest absolute Gasteiger partial charge is 0.161 e. The summed E-state index contributed by atoms with van der Waals surface area (Å²) in [6.45, 7) is 0. The Balaban J connectivity index is 2.86. The maximum atomic E-state index is 9.27. The second kappa shape index (κ2) is 6.40. The van der Waals surface area contributed by atoms with Crippen molar-refractivity contribution in [1.29, 1.82) is 0 Å². The lowest BCUT2D eigenvalue weighted by Crippen LogP contribution is -2.02. The van der Waals surface area contributed by atoms with Crippen molar-refractivity contribution in [2.24, 2.45) is 0 Å². The van der Waals surface area contributed by atoms with Crippen LogP contribution in [-0.4, -0.2) is 31.3 Å². The Morgan fingerprint density at radius 3 is 2.56 bits per heavy atom. The van der Waals surface area contributed by atoms with E-state index >= 15 is 0 Å². The van der Waals surface area contributed by atoms with Gasteiger partial charge in [0, 0.05) is 0 Å². The minimum atomic E-state index is -0.630. The highest BCUT2D eigenvalue weighted by atomic mass is 35.5. The van der Waals surface area contributed by atoms with Gasteiger partial charge in [0.2, 0.25) is 0 Å². The summed E-state index contributed by atoms with van der Waals surface area (Å²) in [5, 5.41) is 9.27. The number of aliphatic hydroxyl groups excluding tert-OH is 1. The molecule has 0 aromatic heterocycles. The second-order valence-corrected chi connectivity index (χ2v) is 3.50. The number of alkyl halides is 1. The van der Waals surface area contributed by atoms with Crippen LogP contribution in [0.2, 0.25) is 0 Å². The van der Waals surface area contributed by atoms with E-state index in [1.165, 1.54) is 0 Å². The Morgan fingerprint density at radius 2 is 2.00 bits per heavy atom. The molecule has 88 valence electrons. The number of rotatable bonds is 5. The molecule has 0 saturated carbocycles. The van der Waals surface area contributed by atoms with E-state index in [0.29, 0.717) is 11.5 Å². The van der Waals surface area contributed by atoms with Gasteiger partial charge in [0.1, 0.15) is 0 Å². The molecule has 0 radical (unpaired) electrons. The number of methoxy groups -OCH3 is 2. The van der Waals surface area contributed by atoms with Crippen molar-refractivity contribution in [2.75, 3.05) is 20.1 Å². The Morgan fingerprint density at radius 1 is 1.31 bits per heavy atom. The normalized spacial score (nSPS) is 12.8. The van der Waals surface area contributed by atoms with Gasteiger partial charge in [-0.25, -0.2) is 0 Å². The highest BCUT2D eigenvalue weighted by molar-refractivity contribution is 6.18. The molecule has 16 heavy (non-hydrogen) atoms. The fraction of sp³-hybridized carbons (Fsp3) is 0.333. The summed E-state index contributed by atoms with van der Waals surface area (Å²) in [5.41, 5.74) is 0.918. The molecule has 0 aliphatic heterocycles. The molecule has 0 saturated heterocycles. The van der Waals surface area contributed by atoms with Crippen LogP contribution < -0.4 is 9.47 Å². The molecule has 0 fully saturated rings. The van der Waals surface area contributed by atoms with Crippen LogP contribution in [0, 0.1) is 0 Å². The number of hydrogen-bond acceptors (Lipinski definition) is 3. The zero-order valence-electron chi connectivity index (χ0n) is 9.31. The van der Waals surface area contributed by atoms with Gasteiger partial charge in [0.05, 0.1) is 26.2 Å². The van der Waals surface area contributed by atoms with Crippen molar-refractivity contribution in [1.82, 2.24) is 0 Å². The van der Waals surface area contributed by atoms with E-state index in [4.69, 9.17) is 21.1 Å². The van der Waals surface area contributed by atoms with Crippen LogP contribution in [0.1, 0.15) is 5.56 Å². The molecule has 1 aromatic rings. The minimum Gasteiger partial charge on any atom is -0.493 e. The molecule has 0 aliphatic carbocycles. The Kier molecular flexibility index (Phi) is 5.15. The van der Waals surface area contributed by atoms with Crippen LogP contribution in [0.4, 0.5) is 0 Å². The van der Waals surface area contributed by atoms with Crippen molar-refractivity contribution in [3.8, 4) is 11.5 Å². The van der Waals surface area contributed by atoms with Crippen LogP contribution in [0.5, 0.6) is 11.5 Å². The molecule has 0 amide bonds. The molecular formula is C12H15ClO3. The van der Waals surface area contributed by atoms with Crippen molar-refractivity contribution in [3.63, 3.8) is 0 Å². The van der Waals surface area contributed by atoms with Crippen LogP contribution in [0.25, 0.3) is 6.08 Å². The molecule has 1 rings (SSSR count). The fourth-order valence-corrected chi connectivity index (χ4v) is 1.33. The van der Waals surface area contributed by atoms with Gasteiger partial charge < -0.3 is 14.6 Å². The Labute approximate surface area is 100 Å². The van der Waals surface area contributed by atoms with E-state index in [2.05, 4.69) is 0 Å². The third-order valence-corrected chi connectivity index (χ3v) is 2.39. The first-order valence-corrected chi connectivity index (χ1v) is 5.39. The maximum absolute atomic E-state index is 9.27. The first kappa shape index (κ1) is 12.9. The van der Waals surface area contributed by atoms with Crippen molar-refractivity contribution < 1.29 is 14.6 Å². The highest BCUT2D eigenvalue weighted by Gasteiger charge is 2.03. The van der Waals surface area contributed by atoms with E-state index < -0.39 is 6.10 Å². The van der Waals surface area contributed by atoms with Gasteiger partial charge in [0.25, 0.3) is 0 Å². The summed E-state index contributed by atoms with van der Waals surface area (Å²) < 4.78 is 10.3. The van der Waals surface area contributed by atoms with Gasteiger partial charge in [0.15, 0.2) is 11.5 Å². The van der Waals surface area contributed by atoms with Crippen molar-refractivity contribution >= 4 is 17.7 Å². The number of hydrogen-bond donors (Lipinski definition) is 1. The van der Waals surface area contributed by atoms with Gasteiger partial charge in [-0.3, -0.25) is 0 Å². The molecule has 0 aliphatic rings. The Bertz CT molecular complexity index is 363. The van der Waals surface area contributed by atoms with E-state index in [9.17, 15) is 5.11 Å². The quantitative estimate of drug-likeness (QED) is 0.806. The van der Waals surface area contributed by atoms with Gasteiger partial charge >= 0.3 is 0 Å². The monoisotopic (exact) mass is 242 g/mol. The van der Waals surface area contributed by atoms with E-state index in [-0.39, 0.29) is 5.88 Å². The van der Waals surface area contributed by atoms with Crippen LogP contribution in [0.3, 0.4) is 0 Å². The SMILES string of the molecule is COc1ccc(/C=C/[C@H](O)CCl)cc1OC. The van der Waals surface area contributed by atoms with Gasteiger partial charge in [-0.05, 0) is 17.7 Å². The topological polar surface area (TPSA) is 38.7 Å². The predicted molar refractivity (Wildman–Crippen MR) is 65.3 cm³/mol. The van der Waals surface area contributed by atoms with Gasteiger partial charge in [-0.15, -0.1) is 11.6 Å². The minimum absolute atomic E-state index is 0.184. The fourth-order valence-electron chi connectivity index (χ4n) is 1.23. The van der Waals surface area contributed by atoms with Crippen molar-refractivity contribution in [3.05, 3.63) is 29.8 Å². The number of ether oxygens (including phenoxy) is 2. The van der Waals surface area contributed by atoms with Crippen LogP contribution >= 0.6 is 11.6 Å². The predicted octanol–water partition coefficient (Wildman–Crippen LogP) is 2.32. The molecule has 0 spiro atoms. The van der Waals surface area contributed by atoms with E-state index in [0.717, 1.165) is 5.56 Å². The third kappa shape index (κ3) is 3.43. The molecule has 4 heteroatoms. The third-order valence-electron chi connectivity index (χ3n) is 2.08. The lowest BCUT2D eigenvalue weighted by Gasteiger charge is -2.07. The molecule has 1 N–H and O–H groups in total. The molecule has 0 heterocycles. The van der Waals surface area contributed by atoms with Crippen molar-refractivity contribution in [2.45, 2.75) is 6.10 Å². The van der Waals surface area contributed by atoms with Gasteiger partial charge in [-0.2, -0.15) is 0 Å². The average Bonchev–Trinajstić information content (AvgIpc) is 2.35. The molecule has 0 unspecified atom stereocenters. The number of halogens is 1. The standard InChI is InChI=1S/C12H15ClO3/c1-15-11-6-4-9(7-12(11)16-2)3-5-10(14)8-13/h3-7,10,14H,8H2,1-2H3/b5-3+/t10-/m0/s1. The first-order valence-electron chi connectivity index (χ1n) is 4.85. The zero-order chi connectivity index (χ0) is 12.0. The summed E-state index contributed by atoms with van der Waals surface area (Å²) in [6.07, 6.45) is 2.79. The summed E-state index contributed by atoms with van der Waals surface area (Å²) in [5.74, 6) is 1.52. The van der Waals surface area contributed by atoms with Crippen LogP contribution in [0.15, 0.2) is 24.3 Å². The summed E-state index contributed by atoms with van der Waals surface area (Å²) in [4.78, 5) is 0. The average molecular weight is 243 g/mol. The van der Waals surface area contributed by atoms with E-state index in [1.54, 1.807) is 26.4 Å². The molecule has 0 bridgehead atoms. The van der Waals surface area contributed by atoms with Gasteiger partial charge in [-0.1, -0.05) is 18.2 Å². The first-order chi connectivity index (χ1) is 7.71. The van der Waals surface area contributed by atoms with Crippen LogP contribution in [-0.2, 0) is 0 Å². The lowest BCUT2D eigenvalue weighted by atomic mass is 10.1. The maximum Gasteiger partial charge on any atom is 0.161 e. The molecular weight excluding hydrogens is 228 g/mol. The number of benzene rings is 1. The highest BCUT2D eigenvalue weighted by Crippen LogP contribution is 2.27. The largest absolute Gasteiger partial charge is 0.493 e. The lowest BCUT2D eigenvalue weighted by molar-refractivity contribution is 0.248. The summed E-state index contributed by atoms with van der Waals surface area (Å²) in [7, 11) is 3.17. The molecule has 1 aromatic carbocycles. The molecule has 1 atom stereocenters. The second-order valence-electron chi connectivity index (χ2n) is 3.20. The zero-order valence-corrected chi connectivity index (χ0v) is 10.1. The summed E-state index contributed by atoms with van der Waals surface area (Å²) >= 11 is 5.48. The number of aliphatic hydroxyl groups is 1.